The Labute approximate surface area is 123 Å². The number of aliphatic hydroxyl groups is 1. The fraction of sp³-hybridized carbons (Fsp3) is 0.467. The molecule has 0 bridgehead atoms. The molecule has 0 aliphatic rings. The Kier molecular flexibility index (Phi) is 5.16. The molecular formula is C15H20N2O4. The number of nitrogens with zero attached hydrogens (tertiary/aromatic N) is 2. The highest BCUT2D eigenvalue weighted by molar-refractivity contribution is 5.46. The van der Waals surface area contributed by atoms with Gasteiger partial charge in [-0.25, -0.2) is 0 Å². The highest BCUT2D eigenvalue weighted by Crippen LogP contribution is 2.32. The summed E-state index contributed by atoms with van der Waals surface area (Å²) in [5.74, 6) is 2.34. The maximum Gasteiger partial charge on any atom is 0.264 e. The van der Waals surface area contributed by atoms with Crippen molar-refractivity contribution in [3.05, 3.63) is 35.5 Å². The van der Waals surface area contributed by atoms with E-state index < -0.39 is 0 Å². The molecule has 1 heterocycles. The normalized spacial score (nSPS) is 10.9. The first-order valence-corrected chi connectivity index (χ1v) is 6.96. The van der Waals surface area contributed by atoms with E-state index in [1.807, 2.05) is 26.8 Å². The van der Waals surface area contributed by atoms with Gasteiger partial charge in [0, 0.05) is 11.5 Å². The predicted molar refractivity (Wildman–Crippen MR) is 76.3 cm³/mol. The summed E-state index contributed by atoms with van der Waals surface area (Å²) in [6.45, 7) is 6.40. The molecular weight excluding hydrogens is 272 g/mol. The molecule has 1 aromatic carbocycles. The van der Waals surface area contributed by atoms with Crippen LogP contribution in [0.15, 0.2) is 22.7 Å². The summed E-state index contributed by atoms with van der Waals surface area (Å²) in [6.07, 6.45) is 0. The van der Waals surface area contributed by atoms with Gasteiger partial charge >= 0.3 is 0 Å². The van der Waals surface area contributed by atoms with E-state index in [2.05, 4.69) is 10.1 Å². The maximum atomic E-state index is 9.40. The molecule has 0 aliphatic heterocycles. The highest BCUT2D eigenvalue weighted by Gasteiger charge is 2.14. The van der Waals surface area contributed by atoms with E-state index in [0.717, 1.165) is 0 Å². The minimum atomic E-state index is -0.128. The number of aromatic nitrogens is 2. The molecule has 2 aromatic rings. The van der Waals surface area contributed by atoms with Crippen LogP contribution in [0.2, 0.25) is 0 Å². The zero-order valence-corrected chi connectivity index (χ0v) is 12.5. The lowest BCUT2D eigenvalue weighted by Gasteiger charge is -2.13. The van der Waals surface area contributed by atoms with E-state index in [-0.39, 0.29) is 19.1 Å². The van der Waals surface area contributed by atoms with Crippen molar-refractivity contribution < 1.29 is 19.1 Å². The minimum Gasteiger partial charge on any atom is -0.490 e. The number of hydrogen-bond acceptors (Lipinski definition) is 6. The lowest BCUT2D eigenvalue weighted by molar-refractivity contribution is 0.215. The highest BCUT2D eigenvalue weighted by atomic mass is 16.5. The lowest BCUT2D eigenvalue weighted by atomic mass is 10.2. The number of ether oxygens (including phenoxy) is 2. The van der Waals surface area contributed by atoms with Crippen LogP contribution < -0.4 is 9.47 Å². The second-order valence-corrected chi connectivity index (χ2v) is 4.83. The number of rotatable bonds is 7. The molecule has 0 radical (unpaired) electrons. The Balaban J connectivity index is 2.14. The first kappa shape index (κ1) is 15.3. The van der Waals surface area contributed by atoms with Gasteiger partial charge in [-0.05, 0) is 13.0 Å². The Hall–Kier alpha value is -2.08. The molecule has 6 heteroatoms. The summed E-state index contributed by atoms with van der Waals surface area (Å²) in [7, 11) is 0. The van der Waals surface area contributed by atoms with Gasteiger partial charge in [0.05, 0.1) is 13.2 Å². The third-order valence-electron chi connectivity index (χ3n) is 2.87. The fourth-order valence-corrected chi connectivity index (χ4v) is 1.81. The number of benzene rings is 1. The third kappa shape index (κ3) is 3.72. The number of para-hydroxylation sites is 1. The molecule has 114 valence electrons. The lowest BCUT2D eigenvalue weighted by Crippen LogP contribution is -2.03. The van der Waals surface area contributed by atoms with Crippen molar-refractivity contribution >= 4 is 0 Å². The fourth-order valence-electron chi connectivity index (χ4n) is 1.81. The predicted octanol–water partition coefficient (Wildman–Crippen LogP) is 2.66. The van der Waals surface area contributed by atoms with Crippen molar-refractivity contribution in [1.82, 2.24) is 10.1 Å². The van der Waals surface area contributed by atoms with Gasteiger partial charge in [0.15, 0.2) is 23.9 Å². The minimum absolute atomic E-state index is 0.128. The van der Waals surface area contributed by atoms with Crippen LogP contribution >= 0.6 is 0 Å². The van der Waals surface area contributed by atoms with Gasteiger partial charge in [-0.2, -0.15) is 4.98 Å². The molecule has 0 aliphatic carbocycles. The molecule has 6 nitrogen and oxygen atoms in total. The molecule has 1 aromatic heterocycles. The first-order chi connectivity index (χ1) is 10.2. The maximum absolute atomic E-state index is 9.40. The second kappa shape index (κ2) is 7.08. The van der Waals surface area contributed by atoms with E-state index in [0.29, 0.717) is 35.4 Å². The smallest absolute Gasteiger partial charge is 0.264 e. The monoisotopic (exact) mass is 292 g/mol. The largest absolute Gasteiger partial charge is 0.490 e. The molecule has 0 saturated heterocycles. The van der Waals surface area contributed by atoms with E-state index in [1.165, 1.54) is 0 Å². The van der Waals surface area contributed by atoms with E-state index >= 15 is 0 Å². The zero-order valence-electron chi connectivity index (χ0n) is 12.5. The van der Waals surface area contributed by atoms with Gasteiger partial charge in [-0.15, -0.1) is 0 Å². The summed E-state index contributed by atoms with van der Waals surface area (Å²) in [5.41, 5.74) is 0.657. The molecule has 0 atom stereocenters. The van der Waals surface area contributed by atoms with Crippen molar-refractivity contribution in [3.8, 4) is 11.5 Å². The molecule has 1 N–H and O–H groups in total. The Morgan fingerprint density at radius 3 is 2.71 bits per heavy atom. The molecule has 2 rings (SSSR count). The quantitative estimate of drug-likeness (QED) is 0.845. The summed E-state index contributed by atoms with van der Waals surface area (Å²) in [5, 5.41) is 13.3. The van der Waals surface area contributed by atoms with Gasteiger partial charge in [0.1, 0.15) is 0 Å². The average molecular weight is 292 g/mol. The SMILES string of the molecule is CCOc1cccc(CO)c1OCc1nc(C(C)C)no1. The van der Waals surface area contributed by atoms with Crippen LogP contribution in [0.4, 0.5) is 0 Å². The van der Waals surface area contributed by atoms with Gasteiger partial charge in [0.25, 0.3) is 5.89 Å². The van der Waals surface area contributed by atoms with Crippen molar-refractivity contribution in [2.24, 2.45) is 0 Å². The molecule has 0 unspecified atom stereocenters. The topological polar surface area (TPSA) is 77.6 Å². The van der Waals surface area contributed by atoms with Crippen molar-refractivity contribution in [2.75, 3.05) is 6.61 Å². The molecule has 0 spiro atoms. The van der Waals surface area contributed by atoms with Crippen molar-refractivity contribution in [2.45, 2.75) is 39.9 Å². The summed E-state index contributed by atoms with van der Waals surface area (Å²) < 4.78 is 16.3. The van der Waals surface area contributed by atoms with E-state index in [1.54, 1.807) is 12.1 Å². The Morgan fingerprint density at radius 1 is 1.29 bits per heavy atom. The van der Waals surface area contributed by atoms with Gasteiger partial charge in [-0.1, -0.05) is 31.1 Å². The Morgan fingerprint density at radius 2 is 2.10 bits per heavy atom. The number of aliphatic hydroxyl groups excluding tert-OH is 1. The van der Waals surface area contributed by atoms with Gasteiger partial charge < -0.3 is 19.1 Å². The first-order valence-electron chi connectivity index (χ1n) is 6.96. The van der Waals surface area contributed by atoms with E-state index in [9.17, 15) is 5.11 Å². The van der Waals surface area contributed by atoms with Crippen molar-refractivity contribution in [3.63, 3.8) is 0 Å². The van der Waals surface area contributed by atoms with Crippen LogP contribution in [0.1, 0.15) is 44.0 Å². The van der Waals surface area contributed by atoms with Gasteiger partial charge in [-0.3, -0.25) is 0 Å². The van der Waals surface area contributed by atoms with Crippen LogP contribution in [0, 0.1) is 0 Å². The molecule has 0 saturated carbocycles. The second-order valence-electron chi connectivity index (χ2n) is 4.83. The van der Waals surface area contributed by atoms with Crippen molar-refractivity contribution in [1.29, 1.82) is 0 Å². The third-order valence-corrected chi connectivity index (χ3v) is 2.87. The summed E-state index contributed by atoms with van der Waals surface area (Å²) in [4.78, 5) is 4.25. The zero-order chi connectivity index (χ0) is 15.2. The van der Waals surface area contributed by atoms with Crippen LogP contribution in [0.5, 0.6) is 11.5 Å². The van der Waals surface area contributed by atoms with Crippen LogP contribution in [-0.4, -0.2) is 21.9 Å². The molecule has 0 amide bonds. The summed E-state index contributed by atoms with van der Waals surface area (Å²) in [6, 6.07) is 5.39. The van der Waals surface area contributed by atoms with Crippen LogP contribution in [0.25, 0.3) is 0 Å². The number of hydrogen-bond donors (Lipinski definition) is 1. The molecule has 21 heavy (non-hydrogen) atoms. The summed E-state index contributed by atoms with van der Waals surface area (Å²) >= 11 is 0. The van der Waals surface area contributed by atoms with Gasteiger partial charge in [0.2, 0.25) is 0 Å². The average Bonchev–Trinajstić information content (AvgIpc) is 2.95. The van der Waals surface area contributed by atoms with E-state index in [4.69, 9.17) is 14.0 Å². The van der Waals surface area contributed by atoms with Crippen LogP contribution in [-0.2, 0) is 13.2 Å². The standard InChI is InChI=1S/C15H20N2O4/c1-4-19-12-7-5-6-11(8-18)14(12)20-9-13-16-15(10(2)3)17-21-13/h5-7,10,18H,4,8-9H2,1-3H3. The van der Waals surface area contributed by atoms with Crippen LogP contribution in [0.3, 0.4) is 0 Å². The Bertz CT molecular complexity index is 581. The molecule has 0 fully saturated rings.